The lowest BCUT2D eigenvalue weighted by Gasteiger charge is -2.07. The number of aromatic amines is 1. The van der Waals surface area contributed by atoms with Gasteiger partial charge in [-0.2, -0.15) is 0 Å². The summed E-state index contributed by atoms with van der Waals surface area (Å²) in [4.78, 5) is 24.0. The van der Waals surface area contributed by atoms with Crippen LogP contribution in [-0.4, -0.2) is 39.6 Å². The number of H-pyrrole nitrogens is 1. The van der Waals surface area contributed by atoms with E-state index >= 15 is 0 Å². The van der Waals surface area contributed by atoms with Crippen molar-refractivity contribution in [3.05, 3.63) is 103 Å². The van der Waals surface area contributed by atoms with Crippen LogP contribution in [0.4, 0.5) is 5.69 Å². The molecule has 7 heteroatoms. The number of benzene rings is 3. The van der Waals surface area contributed by atoms with Crippen LogP contribution in [0.2, 0.25) is 0 Å². The summed E-state index contributed by atoms with van der Waals surface area (Å²) in [6.07, 6.45) is 8.58. The molecule has 0 spiro atoms. The number of hydrogen-bond acceptors (Lipinski definition) is 5. The first-order valence-corrected chi connectivity index (χ1v) is 11.5. The molecule has 0 bridgehead atoms. The highest BCUT2D eigenvalue weighted by Crippen LogP contribution is 2.34. The third-order valence-electron chi connectivity index (χ3n) is 5.91. The van der Waals surface area contributed by atoms with Crippen LogP contribution in [0, 0.1) is 0 Å². The summed E-state index contributed by atoms with van der Waals surface area (Å²) < 4.78 is 6.62. The highest BCUT2D eigenvalue weighted by Gasteiger charge is 2.16. The van der Waals surface area contributed by atoms with Gasteiger partial charge in [0.2, 0.25) is 0 Å². The number of rotatable bonds is 7. The molecular weight excluding hydrogens is 450 g/mol. The Morgan fingerprint density at radius 2 is 1.64 bits per heavy atom. The monoisotopic (exact) mass is 475 g/mol. The first kappa shape index (κ1) is 22.9. The molecule has 2 N–H and O–H groups in total. The third-order valence-corrected chi connectivity index (χ3v) is 5.91. The molecule has 0 aliphatic heterocycles. The number of aromatic nitrogens is 4. The number of hydrogen-bond donors (Lipinski definition) is 2. The average molecular weight is 476 g/mol. The van der Waals surface area contributed by atoms with Crippen molar-refractivity contribution in [3.63, 3.8) is 0 Å². The van der Waals surface area contributed by atoms with Crippen LogP contribution in [-0.2, 0) is 9.53 Å². The molecule has 0 radical (unpaired) electrons. The van der Waals surface area contributed by atoms with E-state index in [1.807, 2.05) is 54.2 Å². The van der Waals surface area contributed by atoms with Crippen LogP contribution in [0.15, 0.2) is 97.6 Å². The van der Waals surface area contributed by atoms with Gasteiger partial charge in [-0.1, -0.05) is 48.5 Å². The van der Waals surface area contributed by atoms with E-state index in [1.165, 1.54) is 13.2 Å². The maximum Gasteiger partial charge on any atom is 0.330 e. The molecule has 2 heterocycles. The summed E-state index contributed by atoms with van der Waals surface area (Å²) in [6, 6.07) is 24.3. The van der Waals surface area contributed by atoms with Gasteiger partial charge < -0.3 is 19.6 Å². The van der Waals surface area contributed by atoms with Crippen molar-refractivity contribution in [1.82, 2.24) is 19.5 Å². The minimum absolute atomic E-state index is 0.386. The van der Waals surface area contributed by atoms with Gasteiger partial charge in [-0.15, -0.1) is 0 Å². The zero-order valence-corrected chi connectivity index (χ0v) is 20.0. The first-order chi connectivity index (χ1) is 17.6. The second-order valence-corrected chi connectivity index (χ2v) is 8.13. The van der Waals surface area contributed by atoms with Crippen LogP contribution >= 0.6 is 0 Å². The molecule has 0 saturated carbocycles. The average Bonchev–Trinajstić information content (AvgIpc) is 3.63. The van der Waals surface area contributed by atoms with Crippen molar-refractivity contribution in [3.8, 4) is 39.6 Å². The van der Waals surface area contributed by atoms with E-state index in [1.54, 1.807) is 18.6 Å². The second-order valence-electron chi connectivity index (χ2n) is 8.13. The third kappa shape index (κ3) is 4.81. The number of esters is 1. The molecule has 0 aliphatic carbocycles. The zero-order valence-electron chi connectivity index (χ0n) is 20.0. The SMILES string of the molecule is CNc1ccc(-c2[nH]c(-c3ccc(/C=C/C(=O)OC)cc3)nc2-c2ccc(-n3ccnc3)cc2)cc1. The molecule has 36 heavy (non-hydrogen) atoms. The van der Waals surface area contributed by atoms with E-state index in [2.05, 4.69) is 56.4 Å². The van der Waals surface area contributed by atoms with E-state index in [0.29, 0.717) is 0 Å². The number of nitrogens with one attached hydrogen (secondary N) is 2. The Hall–Kier alpha value is -4.91. The van der Waals surface area contributed by atoms with Gasteiger partial charge >= 0.3 is 5.97 Å². The van der Waals surface area contributed by atoms with E-state index in [0.717, 1.165) is 50.8 Å². The number of nitrogens with zero attached hydrogens (tertiary/aromatic N) is 3. The van der Waals surface area contributed by atoms with Gasteiger partial charge in [0.25, 0.3) is 0 Å². The molecule has 0 aliphatic rings. The Kier molecular flexibility index (Phi) is 6.44. The number of methoxy groups -OCH3 is 1. The molecule has 0 amide bonds. The second kappa shape index (κ2) is 10.1. The van der Waals surface area contributed by atoms with Gasteiger partial charge in [0.15, 0.2) is 0 Å². The van der Waals surface area contributed by atoms with Crippen molar-refractivity contribution >= 4 is 17.7 Å². The zero-order chi connectivity index (χ0) is 24.9. The number of anilines is 1. The Bertz CT molecular complexity index is 1480. The molecule has 0 atom stereocenters. The predicted molar refractivity (Wildman–Crippen MR) is 143 cm³/mol. The molecule has 5 aromatic rings. The van der Waals surface area contributed by atoms with Gasteiger partial charge in [0.05, 0.1) is 24.8 Å². The summed E-state index contributed by atoms with van der Waals surface area (Å²) in [7, 11) is 3.26. The lowest BCUT2D eigenvalue weighted by Crippen LogP contribution is -1.93. The van der Waals surface area contributed by atoms with Crippen LogP contribution in [0.3, 0.4) is 0 Å². The Labute approximate surface area is 209 Å². The quantitative estimate of drug-likeness (QED) is 0.229. The number of imidazole rings is 2. The molecule has 7 nitrogen and oxygen atoms in total. The molecular formula is C29H25N5O2. The van der Waals surface area contributed by atoms with Crippen molar-refractivity contribution in [1.29, 1.82) is 0 Å². The fourth-order valence-corrected chi connectivity index (χ4v) is 3.92. The van der Waals surface area contributed by atoms with Gasteiger partial charge in [0.1, 0.15) is 5.82 Å². The number of ether oxygens (including phenoxy) is 1. The molecule has 0 saturated heterocycles. The van der Waals surface area contributed by atoms with Crippen molar-refractivity contribution in [2.45, 2.75) is 0 Å². The van der Waals surface area contributed by atoms with Gasteiger partial charge in [0, 0.05) is 53.6 Å². The largest absolute Gasteiger partial charge is 0.466 e. The summed E-state index contributed by atoms with van der Waals surface area (Å²) >= 11 is 0. The van der Waals surface area contributed by atoms with E-state index < -0.39 is 0 Å². The van der Waals surface area contributed by atoms with Crippen molar-refractivity contribution in [2.24, 2.45) is 0 Å². The Balaban J connectivity index is 1.53. The predicted octanol–water partition coefficient (Wildman–Crippen LogP) is 5.82. The number of carbonyl (C=O) groups excluding carboxylic acids is 1. The fourth-order valence-electron chi connectivity index (χ4n) is 3.92. The lowest BCUT2D eigenvalue weighted by molar-refractivity contribution is -0.134. The highest BCUT2D eigenvalue weighted by molar-refractivity contribution is 5.87. The molecule has 2 aromatic heterocycles. The normalized spacial score (nSPS) is 11.1. The van der Waals surface area contributed by atoms with Crippen LogP contribution < -0.4 is 5.32 Å². The molecule has 5 rings (SSSR count). The summed E-state index contributed by atoms with van der Waals surface area (Å²) in [5, 5.41) is 3.16. The van der Waals surface area contributed by atoms with Crippen LogP contribution in [0.25, 0.3) is 45.7 Å². The van der Waals surface area contributed by atoms with E-state index in [9.17, 15) is 4.79 Å². The Morgan fingerprint density at radius 1 is 0.944 bits per heavy atom. The fraction of sp³-hybridized carbons (Fsp3) is 0.0690. The minimum atomic E-state index is -0.386. The topological polar surface area (TPSA) is 84.8 Å². The summed E-state index contributed by atoms with van der Waals surface area (Å²) in [5.74, 6) is 0.377. The summed E-state index contributed by atoms with van der Waals surface area (Å²) in [6.45, 7) is 0. The minimum Gasteiger partial charge on any atom is -0.466 e. The number of carbonyl (C=O) groups is 1. The standard InChI is InChI=1S/C29H25N5O2/c1-30-24-12-8-21(9-13-24)27-28(22-10-14-25(15-11-22)34-18-17-31-19-34)33-29(32-27)23-6-3-20(4-7-23)5-16-26(35)36-2/h3-19,30H,1-2H3,(H,32,33)/b16-5+. The maximum atomic E-state index is 11.4. The van der Waals surface area contributed by atoms with E-state index in [-0.39, 0.29) is 5.97 Å². The molecule has 0 fully saturated rings. The Morgan fingerprint density at radius 3 is 2.28 bits per heavy atom. The lowest BCUT2D eigenvalue weighted by atomic mass is 10.0. The van der Waals surface area contributed by atoms with E-state index in [4.69, 9.17) is 4.98 Å². The molecule has 3 aromatic carbocycles. The van der Waals surface area contributed by atoms with Crippen molar-refractivity contribution < 1.29 is 9.53 Å². The van der Waals surface area contributed by atoms with Crippen LogP contribution in [0.5, 0.6) is 0 Å². The van der Waals surface area contributed by atoms with Gasteiger partial charge in [-0.05, 0) is 35.9 Å². The maximum absolute atomic E-state index is 11.4. The van der Waals surface area contributed by atoms with Crippen LogP contribution in [0.1, 0.15) is 5.56 Å². The highest BCUT2D eigenvalue weighted by atomic mass is 16.5. The first-order valence-electron chi connectivity index (χ1n) is 11.5. The van der Waals surface area contributed by atoms with Gasteiger partial charge in [-0.3, -0.25) is 0 Å². The van der Waals surface area contributed by atoms with Crippen molar-refractivity contribution in [2.75, 3.05) is 19.5 Å². The van der Waals surface area contributed by atoms with Gasteiger partial charge in [-0.25, -0.2) is 14.8 Å². The molecule has 0 unspecified atom stereocenters. The smallest absolute Gasteiger partial charge is 0.330 e. The summed E-state index contributed by atoms with van der Waals surface area (Å²) in [5.41, 5.74) is 7.77. The molecule has 178 valence electrons.